The van der Waals surface area contributed by atoms with E-state index in [4.69, 9.17) is 9.47 Å². The number of rotatable bonds is 8. The number of H-pyrrole nitrogens is 1. The first-order chi connectivity index (χ1) is 15.8. The molecule has 0 atom stereocenters. The third-order valence-electron chi connectivity index (χ3n) is 6.10. The van der Waals surface area contributed by atoms with Gasteiger partial charge in [-0.15, -0.1) is 0 Å². The minimum absolute atomic E-state index is 0. The van der Waals surface area contributed by atoms with E-state index in [1.165, 1.54) is 6.07 Å². The maximum Gasteiger partial charge on any atom is 0.261 e. The molecule has 3 heterocycles. The molecule has 4 rings (SSSR count). The first-order valence-corrected chi connectivity index (χ1v) is 12.5. The van der Waals surface area contributed by atoms with Gasteiger partial charge in [0.1, 0.15) is 22.8 Å². The topological polar surface area (TPSA) is 67.5 Å². The van der Waals surface area contributed by atoms with Crippen LogP contribution in [0.1, 0.15) is 45.9 Å². The van der Waals surface area contributed by atoms with Crippen molar-refractivity contribution in [1.82, 2.24) is 14.9 Å². The maximum atomic E-state index is 14.7. The second-order valence-electron chi connectivity index (χ2n) is 9.04. The standard InChI is InChI=1S/C23H30F3N3O3S.CH4/c1-23(25,26)14-29-6-2-15(3-7-29)12-32-16-10-18(24)21-19(11-16)27-20(28-22(21)30)13-33-17-4-8-31-9-5-17;/h10-11,15,17H,2-9,12-14H2,1H3,(H,27,28,30);1H4. The number of alkyl halides is 2. The van der Waals surface area contributed by atoms with Crippen LogP contribution in [0.3, 0.4) is 0 Å². The number of piperidine rings is 1. The molecule has 0 bridgehead atoms. The molecule has 0 radical (unpaired) electrons. The Kier molecular flexibility index (Phi) is 9.28. The summed E-state index contributed by atoms with van der Waals surface area (Å²) in [6.45, 7) is 3.75. The number of aromatic amines is 1. The quantitative estimate of drug-likeness (QED) is 0.558. The largest absolute Gasteiger partial charge is 0.493 e. The lowest BCUT2D eigenvalue weighted by molar-refractivity contribution is -0.0238. The van der Waals surface area contributed by atoms with Crippen molar-refractivity contribution in [2.24, 2.45) is 5.92 Å². The molecular weight excluding hydrogens is 467 g/mol. The Hall–Kier alpha value is -1.78. The highest BCUT2D eigenvalue weighted by Gasteiger charge is 2.28. The van der Waals surface area contributed by atoms with E-state index in [1.807, 2.05) is 0 Å². The van der Waals surface area contributed by atoms with E-state index in [-0.39, 0.29) is 30.8 Å². The molecule has 2 saturated heterocycles. The molecule has 2 fully saturated rings. The monoisotopic (exact) mass is 501 g/mol. The molecule has 2 aromatic rings. The van der Waals surface area contributed by atoms with E-state index >= 15 is 0 Å². The first kappa shape index (κ1) is 26.8. The van der Waals surface area contributed by atoms with Gasteiger partial charge in [0.15, 0.2) is 0 Å². The molecule has 1 N–H and O–H groups in total. The predicted molar refractivity (Wildman–Crippen MR) is 129 cm³/mol. The summed E-state index contributed by atoms with van der Waals surface area (Å²) in [5.74, 6) is -1.77. The van der Waals surface area contributed by atoms with Gasteiger partial charge in [0.05, 0.1) is 24.4 Å². The molecular formula is C24H34F3N3O3S. The highest BCUT2D eigenvalue weighted by Crippen LogP contribution is 2.27. The Balaban J connectivity index is 0.00000324. The molecule has 1 aromatic carbocycles. The number of benzene rings is 1. The van der Waals surface area contributed by atoms with E-state index in [0.29, 0.717) is 42.3 Å². The summed E-state index contributed by atoms with van der Waals surface area (Å²) in [6, 6.07) is 2.81. The number of hydrogen-bond donors (Lipinski definition) is 1. The fraction of sp³-hybridized carbons (Fsp3) is 0.667. The van der Waals surface area contributed by atoms with Crippen LogP contribution < -0.4 is 10.3 Å². The smallest absolute Gasteiger partial charge is 0.261 e. The van der Waals surface area contributed by atoms with Crippen molar-refractivity contribution in [3.05, 3.63) is 34.1 Å². The Bertz CT molecular complexity index is 1000. The van der Waals surface area contributed by atoms with Crippen molar-refractivity contribution in [1.29, 1.82) is 0 Å². The van der Waals surface area contributed by atoms with Crippen molar-refractivity contribution in [2.75, 3.05) is 39.5 Å². The van der Waals surface area contributed by atoms with E-state index in [0.717, 1.165) is 45.8 Å². The predicted octanol–water partition coefficient (Wildman–Crippen LogP) is 4.86. The van der Waals surface area contributed by atoms with Crippen LogP contribution >= 0.6 is 11.8 Å². The van der Waals surface area contributed by atoms with Crippen molar-refractivity contribution < 1.29 is 22.6 Å². The summed E-state index contributed by atoms with van der Waals surface area (Å²) in [4.78, 5) is 21.4. The van der Waals surface area contributed by atoms with Gasteiger partial charge in [-0.25, -0.2) is 18.2 Å². The fourth-order valence-corrected chi connectivity index (χ4v) is 5.41. The van der Waals surface area contributed by atoms with Gasteiger partial charge < -0.3 is 14.5 Å². The van der Waals surface area contributed by atoms with Crippen LogP contribution in [0.15, 0.2) is 16.9 Å². The molecule has 0 unspecified atom stereocenters. The Labute approximate surface area is 202 Å². The van der Waals surface area contributed by atoms with Crippen molar-refractivity contribution in [3.8, 4) is 5.75 Å². The fourth-order valence-electron chi connectivity index (χ4n) is 4.36. The number of ether oxygens (including phenoxy) is 2. The molecule has 10 heteroatoms. The lowest BCUT2D eigenvalue weighted by atomic mass is 9.97. The molecule has 2 aliphatic heterocycles. The summed E-state index contributed by atoms with van der Waals surface area (Å²) in [5, 5.41) is 0.386. The number of thioether (sulfide) groups is 1. The minimum atomic E-state index is -2.70. The first-order valence-electron chi connectivity index (χ1n) is 11.4. The summed E-state index contributed by atoms with van der Waals surface area (Å²) in [7, 11) is 0. The van der Waals surface area contributed by atoms with E-state index in [2.05, 4.69) is 9.97 Å². The molecule has 0 amide bonds. The van der Waals surface area contributed by atoms with Gasteiger partial charge in [0, 0.05) is 37.5 Å². The van der Waals surface area contributed by atoms with Crippen LogP contribution in [0.5, 0.6) is 5.75 Å². The molecule has 0 aliphatic carbocycles. The van der Waals surface area contributed by atoms with Crippen molar-refractivity contribution in [2.45, 2.75) is 57.0 Å². The normalized spacial score (nSPS) is 18.7. The maximum absolute atomic E-state index is 14.7. The van der Waals surface area contributed by atoms with Crippen molar-refractivity contribution >= 4 is 22.7 Å². The van der Waals surface area contributed by atoms with Crippen LogP contribution in [0.25, 0.3) is 10.9 Å². The molecule has 2 aliphatic rings. The molecule has 190 valence electrons. The molecule has 0 spiro atoms. The zero-order valence-corrected chi connectivity index (χ0v) is 19.6. The van der Waals surface area contributed by atoms with Gasteiger partial charge >= 0.3 is 0 Å². The second kappa shape index (κ2) is 11.8. The average molecular weight is 502 g/mol. The number of nitrogens with one attached hydrogen (secondary N) is 1. The Morgan fingerprint density at radius 1 is 1.24 bits per heavy atom. The zero-order valence-electron chi connectivity index (χ0n) is 18.7. The SMILES string of the molecule is C.CC(F)(F)CN1CCC(COc2cc(F)c3c(=O)[nH]c(CSC4CCOCC4)nc3c2)CC1. The van der Waals surface area contributed by atoms with Gasteiger partial charge in [-0.05, 0) is 44.7 Å². The summed E-state index contributed by atoms with van der Waals surface area (Å²) < 4.78 is 52.3. The number of aromatic nitrogens is 2. The summed E-state index contributed by atoms with van der Waals surface area (Å²) in [6.07, 6.45) is 3.43. The molecule has 0 saturated carbocycles. The third kappa shape index (κ3) is 7.36. The van der Waals surface area contributed by atoms with Gasteiger partial charge in [-0.1, -0.05) is 7.43 Å². The van der Waals surface area contributed by atoms with Gasteiger partial charge in [-0.3, -0.25) is 9.69 Å². The lowest BCUT2D eigenvalue weighted by Crippen LogP contribution is -2.41. The van der Waals surface area contributed by atoms with Crippen LogP contribution in [-0.4, -0.2) is 65.5 Å². The summed E-state index contributed by atoms with van der Waals surface area (Å²) in [5.41, 5.74) is -0.219. The van der Waals surface area contributed by atoms with E-state index in [9.17, 15) is 18.0 Å². The Morgan fingerprint density at radius 2 is 1.94 bits per heavy atom. The summed E-state index contributed by atoms with van der Waals surface area (Å²) >= 11 is 1.72. The minimum Gasteiger partial charge on any atom is -0.493 e. The van der Waals surface area contributed by atoms with Gasteiger partial charge in [0.2, 0.25) is 0 Å². The van der Waals surface area contributed by atoms with Gasteiger partial charge in [-0.2, -0.15) is 11.8 Å². The highest BCUT2D eigenvalue weighted by molar-refractivity contribution is 7.99. The number of hydrogen-bond acceptors (Lipinski definition) is 6. The number of halogens is 3. The van der Waals surface area contributed by atoms with Gasteiger partial charge in [0.25, 0.3) is 11.5 Å². The zero-order chi connectivity index (χ0) is 23.4. The molecule has 34 heavy (non-hydrogen) atoms. The van der Waals surface area contributed by atoms with E-state index in [1.54, 1.807) is 22.7 Å². The van der Waals surface area contributed by atoms with E-state index < -0.39 is 17.3 Å². The molecule has 1 aromatic heterocycles. The number of fused-ring (bicyclic) bond motifs is 1. The van der Waals surface area contributed by atoms with Crippen LogP contribution in [0, 0.1) is 11.7 Å². The van der Waals surface area contributed by atoms with Crippen LogP contribution in [0.2, 0.25) is 0 Å². The average Bonchev–Trinajstić information content (AvgIpc) is 2.76. The lowest BCUT2D eigenvalue weighted by Gasteiger charge is -2.33. The number of nitrogens with zero attached hydrogens (tertiary/aromatic N) is 2. The second-order valence-corrected chi connectivity index (χ2v) is 10.3. The number of likely N-dealkylation sites (tertiary alicyclic amines) is 1. The Morgan fingerprint density at radius 3 is 2.62 bits per heavy atom. The third-order valence-corrected chi connectivity index (χ3v) is 7.48. The molecule has 6 nitrogen and oxygen atoms in total. The van der Waals surface area contributed by atoms with Crippen LogP contribution in [-0.2, 0) is 10.5 Å². The van der Waals surface area contributed by atoms with Crippen molar-refractivity contribution in [3.63, 3.8) is 0 Å². The van der Waals surface area contributed by atoms with Crippen LogP contribution in [0.4, 0.5) is 13.2 Å². The highest BCUT2D eigenvalue weighted by atomic mass is 32.2.